The largest absolute Gasteiger partial charge is 0.448 e. The van der Waals surface area contributed by atoms with E-state index in [2.05, 4.69) is 27.6 Å². The van der Waals surface area contributed by atoms with Gasteiger partial charge in [0.2, 0.25) is 0 Å². The number of rotatable bonds is 4. The molecule has 1 aliphatic carbocycles. The summed E-state index contributed by atoms with van der Waals surface area (Å²) in [6.07, 6.45) is 3.67. The topological polar surface area (TPSA) is 70.1 Å². The number of hydrogen-bond acceptors (Lipinski definition) is 3. The average molecular weight is 321 g/mol. The number of imidazole rings is 1. The van der Waals surface area contributed by atoms with Crippen LogP contribution < -0.4 is 5.73 Å². The van der Waals surface area contributed by atoms with Crippen molar-refractivity contribution in [1.82, 2.24) is 9.55 Å². The Kier molecular flexibility index (Phi) is 3.13. The summed E-state index contributed by atoms with van der Waals surface area (Å²) >= 11 is 2.19. The van der Waals surface area contributed by atoms with Gasteiger partial charge in [-0.15, -0.1) is 0 Å². The third kappa shape index (κ3) is 2.83. The van der Waals surface area contributed by atoms with Crippen LogP contribution in [0.25, 0.3) is 0 Å². The molecule has 15 heavy (non-hydrogen) atoms. The molecule has 0 unspecified atom stereocenters. The third-order valence-electron chi connectivity index (χ3n) is 2.30. The molecule has 0 aromatic carbocycles. The third-order valence-corrected chi connectivity index (χ3v) is 2.82. The molecule has 0 radical (unpaired) electrons. The number of primary amides is 1. The number of amides is 1. The van der Waals surface area contributed by atoms with Gasteiger partial charge in [-0.2, -0.15) is 0 Å². The van der Waals surface area contributed by atoms with E-state index in [-0.39, 0.29) is 0 Å². The molecule has 2 N–H and O–H groups in total. The summed E-state index contributed by atoms with van der Waals surface area (Å²) in [5.41, 5.74) is 4.88. The Bertz CT molecular complexity index is 373. The van der Waals surface area contributed by atoms with E-state index in [0.29, 0.717) is 19.1 Å². The summed E-state index contributed by atoms with van der Waals surface area (Å²) in [5, 5.41) is 0. The van der Waals surface area contributed by atoms with Gasteiger partial charge in [-0.25, -0.2) is 9.78 Å². The molecule has 5 nitrogen and oxygen atoms in total. The molecule has 1 heterocycles. The molecule has 0 spiro atoms. The predicted molar refractivity (Wildman–Crippen MR) is 62.5 cm³/mol. The first-order valence-electron chi connectivity index (χ1n) is 4.81. The maximum absolute atomic E-state index is 10.4. The molecule has 2 rings (SSSR count). The summed E-state index contributed by atoms with van der Waals surface area (Å²) in [6, 6.07) is 0. The van der Waals surface area contributed by atoms with Crippen LogP contribution in [0.1, 0.15) is 24.6 Å². The lowest BCUT2D eigenvalue weighted by Crippen LogP contribution is -2.17. The highest BCUT2D eigenvalue weighted by Crippen LogP contribution is 2.39. The number of nitrogens with two attached hydrogens (primary N) is 1. The van der Waals surface area contributed by atoms with Gasteiger partial charge in [-0.3, -0.25) is 0 Å². The Morgan fingerprint density at radius 1 is 1.73 bits per heavy atom. The van der Waals surface area contributed by atoms with Gasteiger partial charge in [0, 0.05) is 12.1 Å². The van der Waals surface area contributed by atoms with E-state index >= 15 is 0 Å². The van der Waals surface area contributed by atoms with Crippen molar-refractivity contribution in [3.8, 4) is 0 Å². The first kappa shape index (κ1) is 10.7. The molecule has 6 heteroatoms. The molecule has 0 saturated heterocycles. The summed E-state index contributed by atoms with van der Waals surface area (Å²) < 4.78 is 7.72. The second-order valence-corrected chi connectivity index (χ2v) is 4.66. The van der Waals surface area contributed by atoms with Crippen molar-refractivity contribution in [1.29, 1.82) is 0 Å². The second-order valence-electron chi connectivity index (χ2n) is 3.56. The summed E-state index contributed by atoms with van der Waals surface area (Å²) in [6.45, 7) is 0.937. The minimum Gasteiger partial charge on any atom is -0.448 e. The zero-order chi connectivity index (χ0) is 10.8. The van der Waals surface area contributed by atoms with Crippen LogP contribution in [0.3, 0.4) is 0 Å². The Labute approximate surface area is 101 Å². The van der Waals surface area contributed by atoms with E-state index in [1.54, 1.807) is 0 Å². The fourth-order valence-corrected chi connectivity index (χ4v) is 2.07. The molecular formula is C9H12IN3O2. The van der Waals surface area contributed by atoms with Crippen LogP contribution >= 0.6 is 22.6 Å². The fraction of sp³-hybridized carbons (Fsp3) is 0.556. The number of aromatic nitrogens is 2. The molecule has 1 fully saturated rings. The minimum atomic E-state index is -0.724. The molecule has 0 atom stereocenters. The number of carbonyl (C=O) groups is 1. The van der Waals surface area contributed by atoms with Crippen LogP contribution in [0.15, 0.2) is 6.20 Å². The van der Waals surface area contributed by atoms with Gasteiger partial charge < -0.3 is 15.0 Å². The quantitative estimate of drug-likeness (QED) is 0.854. The SMILES string of the molecule is NC(=O)OCCn1cc(I)nc1C1CC1. The van der Waals surface area contributed by atoms with E-state index in [9.17, 15) is 4.79 Å². The zero-order valence-electron chi connectivity index (χ0n) is 8.15. The Balaban J connectivity index is 1.97. The second kappa shape index (κ2) is 4.38. The zero-order valence-corrected chi connectivity index (χ0v) is 10.3. The summed E-state index contributed by atoms with van der Waals surface area (Å²) in [5.74, 6) is 1.70. The lowest BCUT2D eigenvalue weighted by Gasteiger charge is -2.06. The van der Waals surface area contributed by atoms with Crippen LogP contribution in [0.2, 0.25) is 0 Å². The fourth-order valence-electron chi connectivity index (χ4n) is 1.49. The van der Waals surface area contributed by atoms with Gasteiger partial charge in [-0.05, 0) is 35.4 Å². The minimum absolute atomic E-state index is 0.307. The maximum atomic E-state index is 10.4. The van der Waals surface area contributed by atoms with Crippen molar-refractivity contribution in [2.24, 2.45) is 5.73 Å². The van der Waals surface area contributed by atoms with Gasteiger partial charge in [-0.1, -0.05) is 0 Å². The van der Waals surface area contributed by atoms with Crippen molar-refractivity contribution in [3.05, 3.63) is 15.7 Å². The monoisotopic (exact) mass is 321 g/mol. The first-order chi connectivity index (χ1) is 7.16. The van der Waals surface area contributed by atoms with Gasteiger partial charge in [0.15, 0.2) is 0 Å². The summed E-state index contributed by atoms with van der Waals surface area (Å²) in [4.78, 5) is 14.8. The number of hydrogen-bond donors (Lipinski definition) is 1. The molecule has 1 aromatic heterocycles. The van der Waals surface area contributed by atoms with Crippen LogP contribution in [0.5, 0.6) is 0 Å². The molecule has 1 aromatic rings. The average Bonchev–Trinajstić information content (AvgIpc) is 2.91. The van der Waals surface area contributed by atoms with Crippen LogP contribution in [0.4, 0.5) is 4.79 Å². The van der Waals surface area contributed by atoms with Crippen molar-refractivity contribution >= 4 is 28.7 Å². The summed E-state index contributed by atoms with van der Waals surface area (Å²) in [7, 11) is 0. The molecule has 1 amide bonds. The first-order valence-corrected chi connectivity index (χ1v) is 5.89. The van der Waals surface area contributed by atoms with Gasteiger partial charge in [0.25, 0.3) is 0 Å². The lowest BCUT2D eigenvalue weighted by molar-refractivity contribution is 0.152. The lowest BCUT2D eigenvalue weighted by atomic mass is 10.4. The van der Waals surface area contributed by atoms with Gasteiger partial charge >= 0.3 is 6.09 Å². The number of halogens is 1. The Hall–Kier alpha value is -0.790. The number of ether oxygens (including phenoxy) is 1. The predicted octanol–water partition coefficient (Wildman–Crippen LogP) is 1.46. The Morgan fingerprint density at radius 2 is 2.47 bits per heavy atom. The van der Waals surface area contributed by atoms with E-state index in [1.807, 2.05) is 10.8 Å². The molecule has 82 valence electrons. The van der Waals surface area contributed by atoms with Crippen molar-refractivity contribution < 1.29 is 9.53 Å². The molecule has 1 saturated carbocycles. The highest BCUT2D eigenvalue weighted by Gasteiger charge is 2.28. The number of nitrogens with zero attached hydrogens (tertiary/aromatic N) is 2. The van der Waals surface area contributed by atoms with Crippen LogP contribution in [-0.4, -0.2) is 22.3 Å². The van der Waals surface area contributed by atoms with Crippen LogP contribution in [-0.2, 0) is 11.3 Å². The Morgan fingerprint density at radius 3 is 3.07 bits per heavy atom. The van der Waals surface area contributed by atoms with Crippen LogP contribution in [0, 0.1) is 3.70 Å². The molecule has 0 aliphatic heterocycles. The maximum Gasteiger partial charge on any atom is 0.404 e. The smallest absolute Gasteiger partial charge is 0.404 e. The highest BCUT2D eigenvalue weighted by atomic mass is 127. The van der Waals surface area contributed by atoms with Crippen molar-refractivity contribution in [3.63, 3.8) is 0 Å². The van der Waals surface area contributed by atoms with E-state index in [0.717, 1.165) is 9.53 Å². The molecule has 1 aliphatic rings. The van der Waals surface area contributed by atoms with Crippen molar-refractivity contribution in [2.45, 2.75) is 25.3 Å². The van der Waals surface area contributed by atoms with Gasteiger partial charge in [0.1, 0.15) is 16.1 Å². The van der Waals surface area contributed by atoms with Gasteiger partial charge in [0.05, 0.1) is 6.54 Å². The highest BCUT2D eigenvalue weighted by molar-refractivity contribution is 14.1. The molecular weight excluding hydrogens is 309 g/mol. The normalized spacial score (nSPS) is 15.3. The van der Waals surface area contributed by atoms with Crippen molar-refractivity contribution in [2.75, 3.05) is 6.61 Å². The van der Waals surface area contributed by atoms with E-state index < -0.39 is 6.09 Å². The number of carbonyl (C=O) groups excluding carboxylic acids is 1. The molecule has 0 bridgehead atoms. The van der Waals surface area contributed by atoms with E-state index in [1.165, 1.54) is 12.8 Å². The standard InChI is InChI=1S/C9H12IN3O2/c10-7-5-13(3-4-15-9(11)14)8(12-7)6-1-2-6/h5-6H,1-4H2,(H2,11,14). The van der Waals surface area contributed by atoms with E-state index in [4.69, 9.17) is 10.5 Å².